The molecule has 66 valence electrons. The lowest BCUT2D eigenvalue weighted by atomic mass is 10.4. The normalized spacial score (nSPS) is 9.92. The Morgan fingerprint density at radius 3 is 2.83 bits per heavy atom. The maximum Gasteiger partial charge on any atom is 0.358 e. The molecule has 0 saturated carbocycles. The largest absolute Gasteiger partial charge is 0.464 e. The number of methoxy groups -OCH3 is 1. The van der Waals surface area contributed by atoms with Gasteiger partial charge in [-0.2, -0.15) is 5.10 Å². The zero-order valence-electron chi connectivity index (χ0n) is 7.20. The van der Waals surface area contributed by atoms with Crippen LogP contribution in [-0.2, 0) is 11.8 Å². The van der Waals surface area contributed by atoms with Crippen molar-refractivity contribution in [1.29, 1.82) is 0 Å². The third-order valence-electron chi connectivity index (χ3n) is 1.44. The quantitative estimate of drug-likeness (QED) is 0.509. The molecule has 12 heavy (non-hydrogen) atoms. The minimum Gasteiger partial charge on any atom is -0.464 e. The first-order chi connectivity index (χ1) is 5.69. The summed E-state index contributed by atoms with van der Waals surface area (Å²) < 4.78 is 6.17. The smallest absolute Gasteiger partial charge is 0.358 e. The van der Waals surface area contributed by atoms with E-state index >= 15 is 0 Å². The third kappa shape index (κ3) is 1.61. The highest BCUT2D eigenvalue weighted by atomic mass is 32.2. The van der Waals surface area contributed by atoms with Crippen molar-refractivity contribution in [3.05, 3.63) is 11.8 Å². The molecule has 1 rings (SSSR count). The molecule has 4 nitrogen and oxygen atoms in total. The van der Waals surface area contributed by atoms with Crippen LogP contribution >= 0.6 is 11.8 Å². The zero-order chi connectivity index (χ0) is 9.14. The van der Waals surface area contributed by atoms with Crippen molar-refractivity contribution < 1.29 is 9.53 Å². The van der Waals surface area contributed by atoms with Gasteiger partial charge in [0.25, 0.3) is 0 Å². The van der Waals surface area contributed by atoms with Crippen molar-refractivity contribution in [2.45, 2.75) is 5.03 Å². The molecule has 0 unspecified atom stereocenters. The highest BCUT2D eigenvalue weighted by Gasteiger charge is 2.11. The fourth-order valence-corrected chi connectivity index (χ4v) is 1.38. The third-order valence-corrected chi connectivity index (χ3v) is 2.24. The molecule has 0 aliphatic rings. The van der Waals surface area contributed by atoms with Crippen LogP contribution in [0.2, 0.25) is 0 Å². The number of esters is 1. The number of ether oxygens (including phenoxy) is 1. The van der Waals surface area contributed by atoms with E-state index in [0.717, 1.165) is 5.03 Å². The van der Waals surface area contributed by atoms with Gasteiger partial charge in [-0.15, -0.1) is 11.8 Å². The Bertz CT molecular complexity index is 296. The van der Waals surface area contributed by atoms with Gasteiger partial charge in [0, 0.05) is 13.1 Å². The second-order valence-electron chi connectivity index (χ2n) is 2.19. The first-order valence-corrected chi connectivity index (χ1v) is 4.58. The lowest BCUT2D eigenvalue weighted by Crippen LogP contribution is -2.02. The molecule has 0 N–H and O–H groups in total. The number of hydrogen-bond donors (Lipinski definition) is 0. The second-order valence-corrected chi connectivity index (χ2v) is 3.01. The summed E-state index contributed by atoms with van der Waals surface area (Å²) >= 11 is 1.54. The minimum absolute atomic E-state index is 0.351. The number of thioether (sulfide) groups is 1. The molecule has 1 aromatic rings. The first-order valence-electron chi connectivity index (χ1n) is 3.35. The van der Waals surface area contributed by atoms with Crippen LogP contribution in [0.4, 0.5) is 0 Å². The average Bonchev–Trinajstić information content (AvgIpc) is 2.45. The summed E-state index contributed by atoms with van der Waals surface area (Å²) in [5.41, 5.74) is 0.351. The summed E-state index contributed by atoms with van der Waals surface area (Å²) in [6.45, 7) is 0. The number of nitrogens with zero attached hydrogens (tertiary/aromatic N) is 2. The fourth-order valence-electron chi connectivity index (χ4n) is 0.845. The van der Waals surface area contributed by atoms with Crippen LogP contribution < -0.4 is 0 Å². The Balaban J connectivity index is 2.96. The lowest BCUT2D eigenvalue weighted by molar-refractivity contribution is 0.0593. The van der Waals surface area contributed by atoms with Crippen molar-refractivity contribution in [2.24, 2.45) is 7.05 Å². The van der Waals surface area contributed by atoms with Gasteiger partial charge in [0.15, 0.2) is 5.69 Å². The van der Waals surface area contributed by atoms with Crippen LogP contribution in [0.25, 0.3) is 0 Å². The molecule has 0 spiro atoms. The molecule has 0 atom stereocenters. The van der Waals surface area contributed by atoms with Gasteiger partial charge in [0.05, 0.1) is 12.1 Å². The van der Waals surface area contributed by atoms with E-state index in [-0.39, 0.29) is 0 Å². The van der Waals surface area contributed by atoms with Crippen LogP contribution in [0.1, 0.15) is 10.5 Å². The Morgan fingerprint density at radius 2 is 2.42 bits per heavy atom. The van der Waals surface area contributed by atoms with E-state index in [0.29, 0.717) is 5.69 Å². The van der Waals surface area contributed by atoms with Crippen LogP contribution in [0, 0.1) is 0 Å². The number of aryl methyl sites for hydroxylation is 1. The maximum absolute atomic E-state index is 11.0. The maximum atomic E-state index is 11.0. The minimum atomic E-state index is -0.397. The van der Waals surface area contributed by atoms with Crippen LogP contribution in [0.5, 0.6) is 0 Å². The van der Waals surface area contributed by atoms with E-state index in [4.69, 9.17) is 0 Å². The van der Waals surface area contributed by atoms with E-state index < -0.39 is 5.97 Å². The number of hydrogen-bond acceptors (Lipinski definition) is 4. The van der Waals surface area contributed by atoms with Gasteiger partial charge in [-0.3, -0.25) is 4.68 Å². The van der Waals surface area contributed by atoms with Crippen molar-refractivity contribution in [3.63, 3.8) is 0 Å². The van der Waals surface area contributed by atoms with E-state index in [1.807, 2.05) is 6.26 Å². The molecular formula is C7H10N2O2S. The molecule has 0 fully saturated rings. The summed E-state index contributed by atoms with van der Waals surface area (Å²) in [6, 6.07) is 1.70. The fraction of sp³-hybridized carbons (Fsp3) is 0.429. The molecule has 0 bridgehead atoms. The van der Waals surface area contributed by atoms with Gasteiger partial charge >= 0.3 is 5.97 Å². The second kappa shape index (κ2) is 3.62. The standard InChI is InChI=1S/C7H10N2O2S/c1-9-6(12-3)4-5(8-9)7(10)11-2/h4H,1-3H3. The number of carbonyl (C=O) groups is 1. The predicted molar refractivity (Wildman–Crippen MR) is 46.3 cm³/mol. The van der Waals surface area contributed by atoms with E-state index in [9.17, 15) is 4.79 Å². The van der Waals surface area contributed by atoms with Crippen LogP contribution in [0.15, 0.2) is 11.1 Å². The molecule has 1 heterocycles. The Morgan fingerprint density at radius 1 is 1.75 bits per heavy atom. The molecule has 0 aliphatic heterocycles. The SMILES string of the molecule is COC(=O)c1cc(SC)n(C)n1. The molecule has 0 saturated heterocycles. The van der Waals surface area contributed by atoms with Gasteiger partial charge in [-0.1, -0.05) is 0 Å². The van der Waals surface area contributed by atoms with Crippen molar-refractivity contribution in [1.82, 2.24) is 9.78 Å². The molecule has 0 radical (unpaired) electrons. The summed E-state index contributed by atoms with van der Waals surface area (Å²) in [7, 11) is 3.13. The van der Waals surface area contributed by atoms with Crippen LogP contribution in [-0.4, -0.2) is 29.1 Å². The number of carbonyl (C=O) groups excluding carboxylic acids is 1. The van der Waals surface area contributed by atoms with Gasteiger partial charge in [-0.05, 0) is 6.26 Å². The highest BCUT2D eigenvalue weighted by molar-refractivity contribution is 7.98. The first kappa shape index (κ1) is 9.12. The van der Waals surface area contributed by atoms with Crippen molar-refractivity contribution in [2.75, 3.05) is 13.4 Å². The van der Waals surface area contributed by atoms with Crippen LogP contribution in [0.3, 0.4) is 0 Å². The molecule has 0 amide bonds. The molecule has 1 aromatic heterocycles. The number of rotatable bonds is 2. The monoisotopic (exact) mass is 186 g/mol. The molecule has 5 heteroatoms. The lowest BCUT2D eigenvalue weighted by Gasteiger charge is -1.92. The van der Waals surface area contributed by atoms with E-state index in [2.05, 4.69) is 9.84 Å². The van der Waals surface area contributed by atoms with Crippen molar-refractivity contribution in [3.8, 4) is 0 Å². The van der Waals surface area contributed by atoms with Crippen molar-refractivity contribution >= 4 is 17.7 Å². The topological polar surface area (TPSA) is 44.1 Å². The summed E-state index contributed by atoms with van der Waals surface area (Å²) in [4.78, 5) is 11.0. The van der Waals surface area contributed by atoms with E-state index in [1.54, 1.807) is 17.8 Å². The molecule has 0 aromatic carbocycles. The summed E-state index contributed by atoms with van der Waals surface area (Å²) in [5.74, 6) is -0.397. The zero-order valence-corrected chi connectivity index (χ0v) is 8.01. The summed E-state index contributed by atoms with van der Waals surface area (Å²) in [6.07, 6.45) is 1.93. The Kier molecular flexibility index (Phi) is 2.75. The molecular weight excluding hydrogens is 176 g/mol. The van der Waals surface area contributed by atoms with Gasteiger partial charge in [0.1, 0.15) is 0 Å². The average molecular weight is 186 g/mol. The van der Waals surface area contributed by atoms with E-state index in [1.165, 1.54) is 18.9 Å². The predicted octanol–water partition coefficient (Wildman–Crippen LogP) is 0.929. The summed E-state index contributed by atoms with van der Waals surface area (Å²) in [5, 5.41) is 4.91. The Hall–Kier alpha value is -0.970. The van der Waals surface area contributed by atoms with Gasteiger partial charge < -0.3 is 4.74 Å². The Labute approximate surface area is 74.9 Å². The number of aromatic nitrogens is 2. The molecule has 0 aliphatic carbocycles. The van der Waals surface area contributed by atoms with Gasteiger partial charge in [0.2, 0.25) is 0 Å². The van der Waals surface area contributed by atoms with Gasteiger partial charge in [-0.25, -0.2) is 4.79 Å². The highest BCUT2D eigenvalue weighted by Crippen LogP contribution is 2.14.